The SMILES string of the molecule is CC[C@@H](N)c1nc(Cc2cccc(C)c2)no1. The molecular formula is C13H17N3O. The van der Waals surface area contributed by atoms with E-state index in [1.807, 2.05) is 13.0 Å². The second kappa shape index (κ2) is 5.10. The van der Waals surface area contributed by atoms with Gasteiger partial charge < -0.3 is 10.3 Å². The van der Waals surface area contributed by atoms with Gasteiger partial charge in [-0.1, -0.05) is 41.9 Å². The third-order valence-electron chi connectivity index (χ3n) is 2.69. The first-order chi connectivity index (χ1) is 8.19. The number of nitrogens with zero attached hydrogens (tertiary/aromatic N) is 2. The fourth-order valence-electron chi connectivity index (χ4n) is 1.67. The van der Waals surface area contributed by atoms with E-state index in [2.05, 4.69) is 35.3 Å². The molecule has 0 aliphatic carbocycles. The van der Waals surface area contributed by atoms with Gasteiger partial charge in [0, 0.05) is 6.42 Å². The minimum absolute atomic E-state index is 0.159. The Kier molecular flexibility index (Phi) is 3.54. The number of benzene rings is 1. The van der Waals surface area contributed by atoms with Crippen LogP contribution in [0.15, 0.2) is 28.8 Å². The summed E-state index contributed by atoms with van der Waals surface area (Å²) in [4.78, 5) is 4.30. The third kappa shape index (κ3) is 2.91. The molecular weight excluding hydrogens is 214 g/mol. The average molecular weight is 231 g/mol. The standard InChI is InChI=1S/C13H17N3O/c1-3-11(14)13-15-12(16-17-13)8-10-6-4-5-9(2)7-10/h4-7,11H,3,8,14H2,1-2H3/t11-/m1/s1. The lowest BCUT2D eigenvalue weighted by Gasteiger charge is -1.99. The monoisotopic (exact) mass is 231 g/mol. The van der Waals surface area contributed by atoms with Crippen LogP contribution in [0.2, 0.25) is 0 Å². The maximum absolute atomic E-state index is 5.83. The Labute approximate surface area is 101 Å². The molecule has 0 fully saturated rings. The topological polar surface area (TPSA) is 64.9 Å². The fraction of sp³-hybridized carbons (Fsp3) is 0.385. The maximum atomic E-state index is 5.83. The van der Waals surface area contributed by atoms with Gasteiger partial charge in [-0.05, 0) is 18.9 Å². The Morgan fingerprint density at radius 2 is 2.24 bits per heavy atom. The van der Waals surface area contributed by atoms with E-state index < -0.39 is 0 Å². The molecule has 2 rings (SSSR count). The van der Waals surface area contributed by atoms with Crippen molar-refractivity contribution < 1.29 is 4.52 Å². The summed E-state index contributed by atoms with van der Waals surface area (Å²) in [5.41, 5.74) is 8.24. The highest BCUT2D eigenvalue weighted by molar-refractivity contribution is 5.24. The first kappa shape index (κ1) is 11.8. The van der Waals surface area contributed by atoms with Crippen LogP contribution < -0.4 is 5.73 Å². The molecule has 1 atom stereocenters. The van der Waals surface area contributed by atoms with E-state index in [1.54, 1.807) is 0 Å². The molecule has 0 saturated heterocycles. The quantitative estimate of drug-likeness (QED) is 0.877. The number of nitrogens with two attached hydrogens (primary N) is 1. The Hall–Kier alpha value is -1.68. The van der Waals surface area contributed by atoms with E-state index in [4.69, 9.17) is 10.3 Å². The minimum Gasteiger partial charge on any atom is -0.338 e. The van der Waals surface area contributed by atoms with E-state index >= 15 is 0 Å². The molecule has 0 amide bonds. The molecule has 4 heteroatoms. The molecule has 0 aliphatic heterocycles. The lowest BCUT2D eigenvalue weighted by molar-refractivity contribution is 0.348. The molecule has 0 unspecified atom stereocenters. The second-order valence-electron chi connectivity index (χ2n) is 4.23. The summed E-state index contributed by atoms with van der Waals surface area (Å²) in [5.74, 6) is 1.21. The summed E-state index contributed by atoms with van der Waals surface area (Å²) in [6.07, 6.45) is 1.48. The predicted octanol–water partition coefficient (Wildman–Crippen LogP) is 2.38. The molecule has 17 heavy (non-hydrogen) atoms. The van der Waals surface area contributed by atoms with Crippen molar-refractivity contribution in [1.29, 1.82) is 0 Å². The molecule has 1 aromatic heterocycles. The molecule has 0 aliphatic rings. The van der Waals surface area contributed by atoms with Crippen LogP contribution in [0, 0.1) is 6.92 Å². The summed E-state index contributed by atoms with van der Waals surface area (Å²) >= 11 is 0. The van der Waals surface area contributed by atoms with Gasteiger partial charge in [0.25, 0.3) is 0 Å². The van der Waals surface area contributed by atoms with Crippen molar-refractivity contribution in [2.24, 2.45) is 5.73 Å². The van der Waals surface area contributed by atoms with E-state index in [0.717, 1.165) is 6.42 Å². The number of aromatic nitrogens is 2. The van der Waals surface area contributed by atoms with Crippen LogP contribution in [0.3, 0.4) is 0 Å². The molecule has 0 bridgehead atoms. The van der Waals surface area contributed by atoms with E-state index in [1.165, 1.54) is 11.1 Å². The predicted molar refractivity (Wildman–Crippen MR) is 65.5 cm³/mol. The summed E-state index contributed by atoms with van der Waals surface area (Å²) in [6.45, 7) is 4.06. The lowest BCUT2D eigenvalue weighted by atomic mass is 10.1. The zero-order valence-corrected chi connectivity index (χ0v) is 10.2. The smallest absolute Gasteiger partial charge is 0.243 e. The van der Waals surface area contributed by atoms with Crippen molar-refractivity contribution >= 4 is 0 Å². The van der Waals surface area contributed by atoms with Crippen molar-refractivity contribution in [3.63, 3.8) is 0 Å². The Bertz CT molecular complexity index is 493. The van der Waals surface area contributed by atoms with E-state index in [-0.39, 0.29) is 6.04 Å². The summed E-state index contributed by atoms with van der Waals surface area (Å²) in [7, 11) is 0. The van der Waals surface area contributed by atoms with E-state index in [0.29, 0.717) is 18.1 Å². The molecule has 0 spiro atoms. The lowest BCUT2D eigenvalue weighted by Crippen LogP contribution is -2.08. The van der Waals surface area contributed by atoms with Crippen LogP contribution in [-0.2, 0) is 6.42 Å². The molecule has 1 aromatic carbocycles. The molecule has 0 radical (unpaired) electrons. The summed E-state index contributed by atoms with van der Waals surface area (Å²) in [5, 5.41) is 3.94. The van der Waals surface area contributed by atoms with Gasteiger partial charge in [0.05, 0.1) is 6.04 Å². The van der Waals surface area contributed by atoms with Gasteiger partial charge in [-0.2, -0.15) is 4.98 Å². The van der Waals surface area contributed by atoms with Gasteiger partial charge in [0.2, 0.25) is 5.89 Å². The van der Waals surface area contributed by atoms with E-state index in [9.17, 15) is 0 Å². The Morgan fingerprint density at radius 3 is 2.94 bits per heavy atom. The molecule has 4 nitrogen and oxygen atoms in total. The number of hydrogen-bond donors (Lipinski definition) is 1. The largest absolute Gasteiger partial charge is 0.338 e. The molecule has 2 N–H and O–H groups in total. The Morgan fingerprint density at radius 1 is 1.41 bits per heavy atom. The zero-order valence-electron chi connectivity index (χ0n) is 10.2. The second-order valence-corrected chi connectivity index (χ2v) is 4.23. The first-order valence-corrected chi connectivity index (χ1v) is 5.82. The zero-order chi connectivity index (χ0) is 12.3. The maximum Gasteiger partial charge on any atom is 0.243 e. The highest BCUT2D eigenvalue weighted by Gasteiger charge is 2.12. The van der Waals surface area contributed by atoms with Crippen LogP contribution in [0.5, 0.6) is 0 Å². The summed E-state index contributed by atoms with van der Waals surface area (Å²) in [6, 6.07) is 8.12. The molecule has 0 saturated carbocycles. The van der Waals surface area contributed by atoms with Gasteiger partial charge >= 0.3 is 0 Å². The van der Waals surface area contributed by atoms with Crippen molar-refractivity contribution in [3.05, 3.63) is 47.1 Å². The van der Waals surface area contributed by atoms with Gasteiger partial charge in [-0.25, -0.2) is 0 Å². The van der Waals surface area contributed by atoms with Gasteiger partial charge in [-0.15, -0.1) is 0 Å². The fourth-order valence-corrected chi connectivity index (χ4v) is 1.67. The highest BCUT2D eigenvalue weighted by atomic mass is 16.5. The average Bonchev–Trinajstić information content (AvgIpc) is 2.76. The van der Waals surface area contributed by atoms with Crippen molar-refractivity contribution in [2.45, 2.75) is 32.7 Å². The van der Waals surface area contributed by atoms with Crippen molar-refractivity contribution in [3.8, 4) is 0 Å². The molecule has 90 valence electrons. The third-order valence-corrected chi connectivity index (χ3v) is 2.69. The molecule has 1 heterocycles. The van der Waals surface area contributed by atoms with Crippen LogP contribution in [0.25, 0.3) is 0 Å². The van der Waals surface area contributed by atoms with Gasteiger partial charge in [-0.3, -0.25) is 0 Å². The molecule has 2 aromatic rings. The van der Waals surface area contributed by atoms with Crippen molar-refractivity contribution in [2.75, 3.05) is 0 Å². The van der Waals surface area contributed by atoms with Gasteiger partial charge in [0.15, 0.2) is 5.82 Å². The number of aryl methyl sites for hydroxylation is 1. The van der Waals surface area contributed by atoms with Gasteiger partial charge in [0.1, 0.15) is 0 Å². The Balaban J connectivity index is 2.11. The normalized spacial score (nSPS) is 12.6. The highest BCUT2D eigenvalue weighted by Crippen LogP contribution is 2.13. The minimum atomic E-state index is -0.159. The van der Waals surface area contributed by atoms with Crippen LogP contribution in [0.4, 0.5) is 0 Å². The van der Waals surface area contributed by atoms with Crippen LogP contribution in [0.1, 0.15) is 42.2 Å². The summed E-state index contributed by atoms with van der Waals surface area (Å²) < 4.78 is 5.13. The van der Waals surface area contributed by atoms with Crippen LogP contribution in [-0.4, -0.2) is 10.1 Å². The number of rotatable bonds is 4. The first-order valence-electron chi connectivity index (χ1n) is 5.82. The number of hydrogen-bond acceptors (Lipinski definition) is 4. The van der Waals surface area contributed by atoms with Crippen molar-refractivity contribution in [1.82, 2.24) is 10.1 Å². The van der Waals surface area contributed by atoms with Crippen LogP contribution >= 0.6 is 0 Å².